The average molecular weight is 276 g/mol. The molecule has 0 atom stereocenters. The maximum absolute atomic E-state index is 11.4. The molecule has 5 nitrogen and oxygen atoms in total. The zero-order valence-corrected chi connectivity index (χ0v) is 12.6. The Morgan fingerprint density at radius 2 is 2.05 bits per heavy atom. The Morgan fingerprint density at radius 1 is 1.30 bits per heavy atom. The molecule has 1 aliphatic heterocycles. The summed E-state index contributed by atoms with van der Waals surface area (Å²) in [5.41, 5.74) is 9.84. The van der Waals surface area contributed by atoms with Gasteiger partial charge in [-0.25, -0.2) is 0 Å². The van der Waals surface area contributed by atoms with Crippen LogP contribution in [0.2, 0.25) is 0 Å². The summed E-state index contributed by atoms with van der Waals surface area (Å²) in [4.78, 5) is 15.9. The Hall–Kier alpha value is -1.75. The Balaban J connectivity index is 2.14. The van der Waals surface area contributed by atoms with E-state index in [0.29, 0.717) is 6.42 Å². The van der Waals surface area contributed by atoms with Crippen molar-refractivity contribution >= 4 is 23.0 Å². The summed E-state index contributed by atoms with van der Waals surface area (Å²) >= 11 is 0. The molecule has 0 spiro atoms. The second-order valence-electron chi connectivity index (χ2n) is 5.53. The minimum absolute atomic E-state index is 0.0483. The smallest absolute Gasteiger partial charge is 0.228 e. The quantitative estimate of drug-likeness (QED) is 0.774. The minimum Gasteiger partial charge on any atom is -0.397 e. The first kappa shape index (κ1) is 14.7. The third kappa shape index (κ3) is 3.22. The summed E-state index contributed by atoms with van der Waals surface area (Å²) in [6.45, 7) is 5.05. The maximum Gasteiger partial charge on any atom is 0.228 e. The molecule has 2 rings (SSSR count). The molecule has 0 aromatic heterocycles. The molecule has 0 bridgehead atoms. The number of rotatable bonds is 6. The lowest BCUT2D eigenvalue weighted by Crippen LogP contribution is -2.27. The predicted octanol–water partition coefficient (Wildman–Crippen LogP) is 1.54. The van der Waals surface area contributed by atoms with E-state index >= 15 is 0 Å². The molecule has 0 saturated carbocycles. The lowest BCUT2D eigenvalue weighted by molar-refractivity contribution is -0.115. The third-order valence-electron chi connectivity index (χ3n) is 3.63. The number of anilines is 3. The summed E-state index contributed by atoms with van der Waals surface area (Å²) in [6.07, 6.45) is 1.52. The lowest BCUT2D eigenvalue weighted by Gasteiger charge is -2.26. The zero-order chi connectivity index (χ0) is 14.7. The van der Waals surface area contributed by atoms with E-state index in [0.717, 1.165) is 48.7 Å². The van der Waals surface area contributed by atoms with Gasteiger partial charge in [-0.05, 0) is 51.7 Å². The van der Waals surface area contributed by atoms with E-state index in [1.54, 1.807) is 0 Å². The van der Waals surface area contributed by atoms with Crippen LogP contribution in [0.3, 0.4) is 0 Å². The van der Waals surface area contributed by atoms with Gasteiger partial charge in [0, 0.05) is 18.8 Å². The van der Waals surface area contributed by atoms with Gasteiger partial charge in [0.15, 0.2) is 0 Å². The molecule has 1 amide bonds. The first-order chi connectivity index (χ1) is 9.51. The summed E-state index contributed by atoms with van der Waals surface area (Å²) in [7, 11) is 4.16. The minimum atomic E-state index is 0.0483. The maximum atomic E-state index is 11.4. The number of amides is 1. The molecule has 3 N–H and O–H groups in total. The molecular formula is C15H24N4O. The number of hydrogen-bond acceptors (Lipinski definition) is 4. The number of carbonyl (C=O) groups excluding carboxylic acids is 1. The van der Waals surface area contributed by atoms with E-state index in [1.165, 1.54) is 0 Å². The molecule has 0 radical (unpaired) electrons. The summed E-state index contributed by atoms with van der Waals surface area (Å²) in [5, 5.41) is 2.89. The molecule has 1 heterocycles. The van der Waals surface area contributed by atoms with Crippen LogP contribution < -0.4 is 16.0 Å². The van der Waals surface area contributed by atoms with Crippen LogP contribution in [0, 0.1) is 0 Å². The second-order valence-corrected chi connectivity index (χ2v) is 5.53. The van der Waals surface area contributed by atoms with Gasteiger partial charge in [-0.3, -0.25) is 4.79 Å². The number of nitrogens with one attached hydrogen (secondary N) is 1. The van der Waals surface area contributed by atoms with Crippen LogP contribution in [0.5, 0.6) is 0 Å². The van der Waals surface area contributed by atoms with Crippen LogP contribution >= 0.6 is 0 Å². The van der Waals surface area contributed by atoms with Crippen molar-refractivity contribution in [2.75, 3.05) is 49.7 Å². The van der Waals surface area contributed by atoms with E-state index < -0.39 is 0 Å². The number of nitrogen functional groups attached to an aromatic ring is 1. The monoisotopic (exact) mass is 276 g/mol. The van der Waals surface area contributed by atoms with E-state index in [-0.39, 0.29) is 5.91 Å². The summed E-state index contributed by atoms with van der Waals surface area (Å²) in [5.74, 6) is 0.0483. The number of benzene rings is 1. The molecule has 5 heteroatoms. The average Bonchev–Trinajstić information content (AvgIpc) is 2.73. The van der Waals surface area contributed by atoms with Crippen molar-refractivity contribution in [3.63, 3.8) is 0 Å². The molecule has 1 aromatic rings. The van der Waals surface area contributed by atoms with Gasteiger partial charge < -0.3 is 20.9 Å². The van der Waals surface area contributed by atoms with Crippen molar-refractivity contribution < 1.29 is 4.79 Å². The molecule has 0 saturated heterocycles. The largest absolute Gasteiger partial charge is 0.397 e. The van der Waals surface area contributed by atoms with E-state index in [9.17, 15) is 4.79 Å². The fourth-order valence-corrected chi connectivity index (χ4v) is 2.58. The van der Waals surface area contributed by atoms with Crippen LogP contribution in [0.4, 0.5) is 17.1 Å². The number of carbonyl (C=O) groups is 1. The van der Waals surface area contributed by atoms with Crippen LogP contribution in [-0.2, 0) is 11.2 Å². The van der Waals surface area contributed by atoms with Gasteiger partial charge in [-0.1, -0.05) is 0 Å². The fourth-order valence-electron chi connectivity index (χ4n) is 2.58. The van der Waals surface area contributed by atoms with E-state index in [1.807, 2.05) is 12.1 Å². The molecule has 20 heavy (non-hydrogen) atoms. The molecule has 0 fully saturated rings. The highest BCUT2D eigenvalue weighted by atomic mass is 16.1. The van der Waals surface area contributed by atoms with E-state index in [2.05, 4.69) is 36.1 Å². The van der Waals surface area contributed by atoms with Gasteiger partial charge in [0.1, 0.15) is 0 Å². The Morgan fingerprint density at radius 3 is 2.70 bits per heavy atom. The van der Waals surface area contributed by atoms with Gasteiger partial charge in [0.2, 0.25) is 5.91 Å². The predicted molar refractivity (Wildman–Crippen MR) is 84.2 cm³/mol. The Bertz CT molecular complexity index is 499. The van der Waals surface area contributed by atoms with Crippen LogP contribution in [0.25, 0.3) is 0 Å². The SMILES string of the molecule is CCN(CCCN(C)C)c1cc2c(cc1N)CC(=O)N2. The molecular weight excluding hydrogens is 252 g/mol. The van der Waals surface area contributed by atoms with Crippen molar-refractivity contribution in [3.8, 4) is 0 Å². The second kappa shape index (κ2) is 6.13. The molecule has 110 valence electrons. The molecule has 1 aromatic carbocycles. The normalized spacial score (nSPS) is 13.5. The van der Waals surface area contributed by atoms with Gasteiger partial charge >= 0.3 is 0 Å². The standard InChI is InChI=1S/C15H24N4O/c1-4-19(7-5-6-18(2)3)14-10-13-11(8-12(14)16)9-15(20)17-13/h8,10H,4-7,9,16H2,1-3H3,(H,17,20). The Kier molecular flexibility index (Phi) is 4.49. The zero-order valence-electron chi connectivity index (χ0n) is 12.6. The highest BCUT2D eigenvalue weighted by Crippen LogP contribution is 2.33. The summed E-state index contributed by atoms with van der Waals surface area (Å²) < 4.78 is 0. The number of nitrogens with zero attached hydrogens (tertiary/aromatic N) is 2. The van der Waals surface area contributed by atoms with Crippen molar-refractivity contribution in [2.45, 2.75) is 19.8 Å². The molecule has 0 aliphatic carbocycles. The molecule has 1 aliphatic rings. The fraction of sp³-hybridized carbons (Fsp3) is 0.533. The highest BCUT2D eigenvalue weighted by Gasteiger charge is 2.20. The highest BCUT2D eigenvalue weighted by molar-refractivity contribution is 6.00. The van der Waals surface area contributed by atoms with Gasteiger partial charge in [0.05, 0.1) is 17.8 Å². The van der Waals surface area contributed by atoms with Crippen LogP contribution in [-0.4, -0.2) is 44.5 Å². The van der Waals surface area contributed by atoms with Crippen molar-refractivity contribution in [3.05, 3.63) is 17.7 Å². The van der Waals surface area contributed by atoms with Gasteiger partial charge in [-0.2, -0.15) is 0 Å². The van der Waals surface area contributed by atoms with Gasteiger partial charge in [-0.15, -0.1) is 0 Å². The third-order valence-corrected chi connectivity index (χ3v) is 3.63. The Labute approximate surface area is 120 Å². The van der Waals surface area contributed by atoms with E-state index in [4.69, 9.17) is 5.73 Å². The number of hydrogen-bond donors (Lipinski definition) is 2. The summed E-state index contributed by atoms with van der Waals surface area (Å²) in [6, 6.07) is 3.94. The van der Waals surface area contributed by atoms with Crippen molar-refractivity contribution in [2.24, 2.45) is 0 Å². The van der Waals surface area contributed by atoms with Crippen LogP contribution in [0.15, 0.2) is 12.1 Å². The topological polar surface area (TPSA) is 61.6 Å². The number of fused-ring (bicyclic) bond motifs is 1. The first-order valence-corrected chi connectivity index (χ1v) is 7.13. The molecule has 0 unspecified atom stereocenters. The van der Waals surface area contributed by atoms with Crippen molar-refractivity contribution in [1.29, 1.82) is 0 Å². The van der Waals surface area contributed by atoms with Crippen molar-refractivity contribution in [1.82, 2.24) is 4.90 Å². The van der Waals surface area contributed by atoms with Crippen LogP contribution in [0.1, 0.15) is 18.9 Å². The van der Waals surface area contributed by atoms with Gasteiger partial charge in [0.25, 0.3) is 0 Å². The number of nitrogens with two attached hydrogens (primary N) is 1. The lowest BCUT2D eigenvalue weighted by atomic mass is 10.1. The first-order valence-electron chi connectivity index (χ1n) is 7.13.